The van der Waals surface area contributed by atoms with Crippen molar-refractivity contribution in [3.63, 3.8) is 0 Å². The number of hydrogen-bond acceptors (Lipinski definition) is 4. The molecule has 0 aromatic heterocycles. The average Bonchev–Trinajstić information content (AvgIpc) is 2.39. The maximum Gasteiger partial charge on any atom is 0.394 e. The van der Waals surface area contributed by atoms with E-state index < -0.39 is 21.9 Å². The fourth-order valence-electron chi connectivity index (χ4n) is 1.39. The van der Waals surface area contributed by atoms with Gasteiger partial charge in [0.1, 0.15) is 0 Å². The predicted molar refractivity (Wildman–Crippen MR) is 72.8 cm³/mol. The Kier molecular flexibility index (Phi) is 5.66. The topological polar surface area (TPSA) is 113 Å². The molecule has 0 atom stereocenters. The van der Waals surface area contributed by atoms with E-state index in [2.05, 4.69) is 10.0 Å². The van der Waals surface area contributed by atoms with Gasteiger partial charge in [0.15, 0.2) is 0 Å². The van der Waals surface area contributed by atoms with E-state index in [0.717, 1.165) is 6.42 Å². The van der Waals surface area contributed by atoms with Crippen LogP contribution in [-0.4, -0.2) is 31.9 Å². The normalized spacial score (nSPS) is 11.1. The van der Waals surface area contributed by atoms with Gasteiger partial charge < -0.3 is 10.4 Å². The number of hydrogen-bond donors (Lipinski definition) is 3. The number of benzene rings is 1. The second-order valence-corrected chi connectivity index (χ2v) is 5.81. The summed E-state index contributed by atoms with van der Waals surface area (Å²) in [5.41, 5.74) is 0.107. The lowest BCUT2D eigenvalue weighted by Crippen LogP contribution is -2.25. The summed E-state index contributed by atoms with van der Waals surface area (Å²) in [5, 5.41) is 10.6. The van der Waals surface area contributed by atoms with Crippen LogP contribution in [0.1, 0.15) is 19.8 Å². The molecule has 7 nitrogen and oxygen atoms in total. The van der Waals surface area contributed by atoms with Crippen molar-refractivity contribution in [3.05, 3.63) is 24.3 Å². The smallest absolute Gasteiger partial charge is 0.394 e. The van der Waals surface area contributed by atoms with Crippen LogP contribution in [-0.2, 0) is 19.6 Å². The van der Waals surface area contributed by atoms with Crippen molar-refractivity contribution in [1.82, 2.24) is 4.72 Å². The molecule has 0 fully saturated rings. The quantitative estimate of drug-likeness (QED) is 0.531. The van der Waals surface area contributed by atoms with Gasteiger partial charge in [-0.25, -0.2) is 17.9 Å². The van der Waals surface area contributed by atoms with Crippen molar-refractivity contribution in [2.45, 2.75) is 24.7 Å². The van der Waals surface area contributed by atoms with E-state index in [4.69, 9.17) is 5.11 Å². The second kappa shape index (κ2) is 7.01. The molecule has 1 aromatic carbocycles. The highest BCUT2D eigenvalue weighted by atomic mass is 32.2. The minimum absolute atomic E-state index is 0.0307. The molecule has 0 saturated carbocycles. The number of anilines is 1. The van der Waals surface area contributed by atoms with Gasteiger partial charge in [0.2, 0.25) is 10.0 Å². The number of unbranched alkanes of at least 4 members (excludes halogenated alkanes) is 1. The number of carboxylic acids is 1. The lowest BCUT2D eigenvalue weighted by Gasteiger charge is -2.08. The van der Waals surface area contributed by atoms with Crippen LogP contribution in [0.4, 0.5) is 5.69 Å². The second-order valence-electron chi connectivity index (χ2n) is 4.04. The molecule has 0 radical (unpaired) electrons. The van der Waals surface area contributed by atoms with Gasteiger partial charge in [0.25, 0.3) is 0 Å². The third kappa shape index (κ3) is 4.63. The number of rotatable bonds is 6. The Morgan fingerprint density at radius 3 is 2.60 bits per heavy atom. The first-order valence-corrected chi connectivity index (χ1v) is 7.49. The van der Waals surface area contributed by atoms with Gasteiger partial charge in [-0.1, -0.05) is 19.4 Å². The van der Waals surface area contributed by atoms with Gasteiger partial charge >= 0.3 is 11.9 Å². The molecular weight excluding hydrogens is 284 g/mol. The van der Waals surface area contributed by atoms with E-state index in [1.54, 1.807) is 0 Å². The summed E-state index contributed by atoms with van der Waals surface area (Å²) < 4.78 is 26.3. The van der Waals surface area contributed by atoms with Crippen molar-refractivity contribution >= 4 is 27.6 Å². The van der Waals surface area contributed by atoms with Crippen LogP contribution in [0.25, 0.3) is 0 Å². The molecule has 1 aromatic rings. The SMILES string of the molecule is CCCCNS(=O)(=O)c1cccc(NC(=O)C(=O)O)c1. The van der Waals surface area contributed by atoms with Crippen LogP contribution in [0.5, 0.6) is 0 Å². The molecule has 0 unspecified atom stereocenters. The van der Waals surface area contributed by atoms with Crippen LogP contribution >= 0.6 is 0 Å². The molecule has 0 heterocycles. The maximum atomic E-state index is 11.9. The zero-order valence-electron chi connectivity index (χ0n) is 10.9. The van der Waals surface area contributed by atoms with Crippen LogP contribution in [0.15, 0.2) is 29.2 Å². The van der Waals surface area contributed by atoms with Crippen LogP contribution < -0.4 is 10.0 Å². The Morgan fingerprint density at radius 2 is 2.00 bits per heavy atom. The summed E-state index contributed by atoms with van der Waals surface area (Å²) >= 11 is 0. The summed E-state index contributed by atoms with van der Waals surface area (Å²) in [7, 11) is -3.66. The average molecular weight is 300 g/mol. The molecule has 0 spiro atoms. The minimum Gasteiger partial charge on any atom is -0.474 e. The Bertz CT molecular complexity index is 598. The lowest BCUT2D eigenvalue weighted by atomic mass is 10.3. The molecule has 1 rings (SSSR count). The number of sulfonamides is 1. The van der Waals surface area contributed by atoms with Gasteiger partial charge in [-0.2, -0.15) is 0 Å². The van der Waals surface area contributed by atoms with Crippen LogP contribution in [0.2, 0.25) is 0 Å². The molecule has 0 bridgehead atoms. The van der Waals surface area contributed by atoms with Crippen molar-refractivity contribution in [1.29, 1.82) is 0 Å². The molecule has 0 aliphatic heterocycles. The Hall–Kier alpha value is -1.93. The van der Waals surface area contributed by atoms with E-state index in [1.807, 2.05) is 6.92 Å². The van der Waals surface area contributed by atoms with Gasteiger partial charge in [-0.3, -0.25) is 4.79 Å². The molecule has 0 aliphatic carbocycles. The molecular formula is C12H16N2O5S. The zero-order valence-corrected chi connectivity index (χ0v) is 11.7. The Balaban J connectivity index is 2.87. The highest BCUT2D eigenvalue weighted by molar-refractivity contribution is 7.89. The fraction of sp³-hybridized carbons (Fsp3) is 0.333. The van der Waals surface area contributed by atoms with Gasteiger partial charge in [0.05, 0.1) is 4.90 Å². The van der Waals surface area contributed by atoms with Crippen molar-refractivity contribution in [2.24, 2.45) is 0 Å². The summed E-state index contributed by atoms with van der Waals surface area (Å²) in [6, 6.07) is 5.40. The van der Waals surface area contributed by atoms with E-state index in [1.165, 1.54) is 24.3 Å². The number of carbonyl (C=O) groups is 2. The molecule has 8 heteroatoms. The molecule has 20 heavy (non-hydrogen) atoms. The summed E-state index contributed by atoms with van der Waals surface area (Å²) in [4.78, 5) is 21.4. The molecule has 3 N–H and O–H groups in total. The summed E-state index contributed by atoms with van der Waals surface area (Å²) in [6.07, 6.45) is 1.58. The van der Waals surface area contributed by atoms with Gasteiger partial charge in [-0.15, -0.1) is 0 Å². The first-order chi connectivity index (χ1) is 9.36. The first-order valence-electron chi connectivity index (χ1n) is 6.01. The molecule has 0 aliphatic rings. The van der Waals surface area contributed by atoms with E-state index in [0.29, 0.717) is 13.0 Å². The molecule has 1 amide bonds. The van der Waals surface area contributed by atoms with E-state index >= 15 is 0 Å². The molecule has 0 saturated heterocycles. The van der Waals surface area contributed by atoms with Crippen LogP contribution in [0.3, 0.4) is 0 Å². The Morgan fingerprint density at radius 1 is 1.30 bits per heavy atom. The first kappa shape index (κ1) is 16.1. The highest BCUT2D eigenvalue weighted by Crippen LogP contribution is 2.15. The van der Waals surface area contributed by atoms with E-state index in [-0.39, 0.29) is 10.6 Å². The summed E-state index contributed by atoms with van der Waals surface area (Å²) in [6.45, 7) is 2.26. The highest BCUT2D eigenvalue weighted by Gasteiger charge is 2.15. The number of nitrogens with one attached hydrogen (secondary N) is 2. The third-order valence-corrected chi connectivity index (χ3v) is 3.88. The van der Waals surface area contributed by atoms with Crippen molar-refractivity contribution in [3.8, 4) is 0 Å². The van der Waals surface area contributed by atoms with Crippen molar-refractivity contribution in [2.75, 3.05) is 11.9 Å². The molecule has 110 valence electrons. The number of amides is 1. The Labute approximate surface area is 117 Å². The third-order valence-electron chi connectivity index (χ3n) is 2.42. The van der Waals surface area contributed by atoms with E-state index in [9.17, 15) is 18.0 Å². The monoisotopic (exact) mass is 300 g/mol. The lowest BCUT2D eigenvalue weighted by molar-refractivity contribution is -0.147. The maximum absolute atomic E-state index is 11.9. The van der Waals surface area contributed by atoms with Gasteiger partial charge in [-0.05, 0) is 24.6 Å². The predicted octanol–water partition coefficient (Wildman–Crippen LogP) is 0.788. The van der Waals surface area contributed by atoms with Gasteiger partial charge in [0, 0.05) is 12.2 Å². The largest absolute Gasteiger partial charge is 0.474 e. The van der Waals surface area contributed by atoms with Crippen molar-refractivity contribution < 1.29 is 23.1 Å². The zero-order chi connectivity index (χ0) is 15.2. The number of carbonyl (C=O) groups excluding carboxylic acids is 1. The number of aliphatic carboxylic acids is 1. The fourth-order valence-corrected chi connectivity index (χ4v) is 2.51. The standard InChI is InChI=1S/C12H16N2O5S/c1-2-3-7-13-20(18,19)10-6-4-5-9(8-10)14-11(15)12(16)17/h4-6,8,13H,2-3,7H2,1H3,(H,14,15)(H,16,17). The number of carboxylic acid groups (broad SMARTS) is 1. The summed E-state index contributed by atoms with van der Waals surface area (Å²) in [5.74, 6) is -2.86. The minimum atomic E-state index is -3.66. The van der Waals surface area contributed by atoms with Crippen LogP contribution in [0, 0.1) is 0 Å².